The zero-order valence-corrected chi connectivity index (χ0v) is 29.2. The number of fused-ring (bicyclic) bond motifs is 9. The first kappa shape index (κ1) is 33.7. The van der Waals surface area contributed by atoms with Gasteiger partial charge in [0.05, 0.1) is 25.3 Å². The molecule has 262 valence electrons. The molecule has 2 N–H and O–H groups in total. The summed E-state index contributed by atoms with van der Waals surface area (Å²) in [5.41, 5.74) is 5.82. The fraction of sp³-hybridized carbons (Fsp3) is 0.462. The highest BCUT2D eigenvalue weighted by atomic mass is 16.7. The average Bonchev–Trinajstić information content (AvgIpc) is 3.60. The third-order valence-electron chi connectivity index (χ3n) is 10.9. The Morgan fingerprint density at radius 3 is 2.54 bits per heavy atom. The smallest absolute Gasteiger partial charge is 0.311 e. The Bertz CT molecular complexity index is 1870. The van der Waals surface area contributed by atoms with Gasteiger partial charge in [0, 0.05) is 53.7 Å². The third kappa shape index (κ3) is 5.51. The maximum atomic E-state index is 13.4. The van der Waals surface area contributed by atoms with Crippen LogP contribution in [0.25, 0.3) is 0 Å². The van der Waals surface area contributed by atoms with E-state index in [0.717, 1.165) is 27.8 Å². The molecule has 4 aliphatic heterocycles. The first-order valence-electron chi connectivity index (χ1n) is 17.4. The van der Waals surface area contributed by atoms with E-state index in [1.54, 1.807) is 7.11 Å². The van der Waals surface area contributed by atoms with Crippen molar-refractivity contribution in [3.63, 3.8) is 0 Å². The van der Waals surface area contributed by atoms with Crippen LogP contribution in [-0.4, -0.2) is 72.4 Å². The van der Waals surface area contributed by atoms with E-state index in [4.69, 9.17) is 18.9 Å². The normalized spacial score (nSPS) is 23.2. The topological polar surface area (TPSA) is 134 Å². The number of methoxy groups -OCH3 is 1. The second kappa shape index (κ2) is 13.5. The molecule has 0 radical (unpaired) electrons. The average molecular weight is 681 g/mol. The van der Waals surface area contributed by atoms with Crippen molar-refractivity contribution >= 4 is 11.9 Å². The van der Waals surface area contributed by atoms with Gasteiger partial charge in [-0.2, -0.15) is 5.26 Å². The van der Waals surface area contributed by atoms with Crippen molar-refractivity contribution < 1.29 is 33.6 Å². The van der Waals surface area contributed by atoms with Crippen LogP contribution in [0, 0.1) is 25.2 Å². The summed E-state index contributed by atoms with van der Waals surface area (Å²) in [6.07, 6.45) is 2.74. The molecule has 0 aliphatic carbocycles. The molecule has 0 aromatic heterocycles. The van der Waals surface area contributed by atoms with E-state index in [1.165, 1.54) is 0 Å². The standard InChI is InChI=1S/C39H44N4O7/c1-6-10-31(45)50-39-32-24(15-21(2)36(39)47-5)16-26-28(18-40)43-27(34(32)42(26)4)17-25-33(38-37(48-20-49-38)22(3)35(25)46)29(43)19-41-30(44)14-13-23-11-8-7-9-12-23/h7-9,11-12,15,26-29,34,46H,6,10,13-14,16-17,19-20H2,1-5H3,(H,41,44)/t26-,27?,28-,29-,34-/m0/s1. The molecule has 4 aliphatic rings. The van der Waals surface area contributed by atoms with Crippen molar-refractivity contribution in [2.24, 2.45) is 0 Å². The quantitative estimate of drug-likeness (QED) is 0.236. The van der Waals surface area contributed by atoms with Gasteiger partial charge < -0.3 is 29.4 Å². The predicted octanol–water partition coefficient (Wildman–Crippen LogP) is 4.97. The van der Waals surface area contributed by atoms with Crippen LogP contribution in [0.4, 0.5) is 0 Å². The van der Waals surface area contributed by atoms with Gasteiger partial charge in [-0.1, -0.05) is 43.3 Å². The van der Waals surface area contributed by atoms with E-state index in [-0.39, 0.29) is 55.5 Å². The summed E-state index contributed by atoms with van der Waals surface area (Å²) < 4.78 is 24.0. The van der Waals surface area contributed by atoms with Gasteiger partial charge in [-0.25, -0.2) is 0 Å². The number of phenols is 1. The fourth-order valence-corrected chi connectivity index (χ4v) is 8.69. The molecular weight excluding hydrogens is 636 g/mol. The fourth-order valence-electron chi connectivity index (χ4n) is 8.69. The Balaban J connectivity index is 1.35. The second-order valence-electron chi connectivity index (χ2n) is 13.8. The van der Waals surface area contributed by atoms with Crippen LogP contribution in [0.2, 0.25) is 0 Å². The minimum atomic E-state index is -0.566. The van der Waals surface area contributed by atoms with Crippen molar-refractivity contribution in [2.45, 2.75) is 89.5 Å². The van der Waals surface area contributed by atoms with Crippen LogP contribution in [0.5, 0.6) is 28.7 Å². The van der Waals surface area contributed by atoms with Gasteiger partial charge in [0.1, 0.15) is 11.8 Å². The lowest BCUT2D eigenvalue weighted by Crippen LogP contribution is -2.68. The zero-order chi connectivity index (χ0) is 35.3. The maximum Gasteiger partial charge on any atom is 0.311 e. The number of amides is 1. The second-order valence-corrected chi connectivity index (χ2v) is 13.8. The van der Waals surface area contributed by atoms with E-state index in [0.29, 0.717) is 66.2 Å². The maximum absolute atomic E-state index is 13.4. The molecule has 0 saturated carbocycles. The first-order valence-corrected chi connectivity index (χ1v) is 17.4. The van der Waals surface area contributed by atoms with E-state index in [9.17, 15) is 20.0 Å². The summed E-state index contributed by atoms with van der Waals surface area (Å²) in [6.45, 7) is 5.89. The largest absolute Gasteiger partial charge is 0.507 e. The number of rotatable bonds is 9. The Morgan fingerprint density at radius 2 is 1.82 bits per heavy atom. The molecule has 1 saturated heterocycles. The number of nitriles is 1. The van der Waals surface area contributed by atoms with Gasteiger partial charge in [-0.05, 0) is 63.3 Å². The molecule has 0 spiro atoms. The number of benzene rings is 3. The van der Waals surface area contributed by atoms with Crippen molar-refractivity contribution in [3.05, 3.63) is 75.3 Å². The lowest BCUT2D eigenvalue weighted by atomic mass is 9.71. The number of aromatic hydroxyl groups is 1. The molecule has 7 rings (SSSR count). The lowest BCUT2D eigenvalue weighted by molar-refractivity contribution is -0.134. The van der Waals surface area contributed by atoms with Crippen molar-refractivity contribution in [3.8, 4) is 34.8 Å². The summed E-state index contributed by atoms with van der Waals surface area (Å²) in [6, 6.07) is 12.6. The van der Waals surface area contributed by atoms with Crippen LogP contribution in [0.15, 0.2) is 36.4 Å². The van der Waals surface area contributed by atoms with Crippen molar-refractivity contribution in [2.75, 3.05) is 27.5 Å². The SMILES string of the molecule is CCCC(=O)Oc1c(OC)c(C)cc2c1[C@@H]1C3Cc4c(O)c(C)c5c(c4[C@H](CNC(=O)CCc4ccccc4)N3[C@@H](C#N)[C@H](C2)N1C)OCO5. The molecule has 5 atom stereocenters. The summed E-state index contributed by atoms with van der Waals surface area (Å²) in [5.74, 6) is 1.63. The summed E-state index contributed by atoms with van der Waals surface area (Å²) in [4.78, 5) is 30.9. The number of hydrogen-bond acceptors (Lipinski definition) is 10. The molecule has 4 heterocycles. The molecule has 3 aromatic carbocycles. The van der Waals surface area contributed by atoms with Gasteiger partial charge in [0.25, 0.3) is 0 Å². The first-order chi connectivity index (χ1) is 24.2. The van der Waals surface area contributed by atoms with E-state index >= 15 is 0 Å². The molecule has 11 nitrogen and oxygen atoms in total. The van der Waals surface area contributed by atoms with E-state index < -0.39 is 12.1 Å². The molecule has 2 bridgehead atoms. The minimum absolute atomic E-state index is 0.0142. The Kier molecular flexibility index (Phi) is 9.09. The Hall–Kier alpha value is -4.79. The van der Waals surface area contributed by atoms with E-state index in [2.05, 4.69) is 27.3 Å². The minimum Gasteiger partial charge on any atom is -0.507 e. The van der Waals surface area contributed by atoms with E-state index in [1.807, 2.05) is 58.2 Å². The van der Waals surface area contributed by atoms with Crippen LogP contribution < -0.4 is 24.3 Å². The number of aryl methyl sites for hydroxylation is 2. The monoisotopic (exact) mass is 680 g/mol. The molecule has 3 aromatic rings. The van der Waals surface area contributed by atoms with Gasteiger partial charge >= 0.3 is 5.97 Å². The summed E-state index contributed by atoms with van der Waals surface area (Å²) in [5, 5.41) is 25.8. The highest BCUT2D eigenvalue weighted by Crippen LogP contribution is 2.58. The van der Waals surface area contributed by atoms with Crippen LogP contribution >= 0.6 is 0 Å². The van der Waals surface area contributed by atoms with Gasteiger partial charge in [0.2, 0.25) is 12.7 Å². The highest BCUT2D eigenvalue weighted by molar-refractivity contribution is 5.77. The van der Waals surface area contributed by atoms with Gasteiger partial charge in [-0.15, -0.1) is 0 Å². The molecule has 50 heavy (non-hydrogen) atoms. The van der Waals surface area contributed by atoms with Gasteiger partial charge in [-0.3, -0.25) is 19.4 Å². The number of ether oxygens (including phenoxy) is 4. The molecular formula is C39H44N4O7. The molecule has 1 unspecified atom stereocenters. The molecule has 1 amide bonds. The zero-order valence-electron chi connectivity index (χ0n) is 29.2. The Labute approximate surface area is 292 Å². The number of hydrogen-bond donors (Lipinski definition) is 2. The van der Waals surface area contributed by atoms with Crippen LogP contribution in [-0.2, 0) is 28.9 Å². The number of piperazine rings is 1. The molecule has 1 fully saturated rings. The predicted molar refractivity (Wildman–Crippen MR) is 184 cm³/mol. The third-order valence-corrected chi connectivity index (χ3v) is 10.9. The summed E-state index contributed by atoms with van der Waals surface area (Å²) in [7, 11) is 3.60. The number of carbonyl (C=O) groups is 2. The molecule has 11 heteroatoms. The highest BCUT2D eigenvalue weighted by Gasteiger charge is 2.57. The van der Waals surface area contributed by atoms with Crippen molar-refractivity contribution in [1.82, 2.24) is 15.1 Å². The number of likely N-dealkylation sites (N-methyl/N-ethyl adjacent to an activating group) is 1. The van der Waals surface area contributed by atoms with Gasteiger partial charge in [0.15, 0.2) is 23.0 Å². The number of phenolic OH excluding ortho intramolecular Hbond substituents is 1. The summed E-state index contributed by atoms with van der Waals surface area (Å²) >= 11 is 0. The Morgan fingerprint density at radius 1 is 1.06 bits per heavy atom. The lowest BCUT2D eigenvalue weighted by Gasteiger charge is -2.60. The van der Waals surface area contributed by atoms with Crippen molar-refractivity contribution in [1.29, 1.82) is 5.26 Å². The number of carbonyl (C=O) groups excluding carboxylic acids is 2. The number of nitrogens with one attached hydrogen (secondary N) is 1. The number of esters is 1. The van der Waals surface area contributed by atoms with Crippen LogP contribution in [0.3, 0.4) is 0 Å². The number of nitrogens with zero attached hydrogens (tertiary/aromatic N) is 3. The van der Waals surface area contributed by atoms with Crippen LogP contribution in [0.1, 0.15) is 77.2 Å².